The molecule has 0 radical (unpaired) electrons. The highest BCUT2D eigenvalue weighted by molar-refractivity contribution is 7.80. The molecule has 0 heterocycles. The summed E-state index contributed by atoms with van der Waals surface area (Å²) >= 11 is 0. The zero-order valence-corrected chi connectivity index (χ0v) is 30.2. The van der Waals surface area contributed by atoms with Crippen molar-refractivity contribution in [3.63, 3.8) is 0 Å². The first-order valence-electron chi connectivity index (χ1n) is 16.2. The number of hydrogen-bond donors (Lipinski definition) is 0. The van der Waals surface area contributed by atoms with Crippen LogP contribution in [0.25, 0.3) is 11.1 Å². The van der Waals surface area contributed by atoms with Crippen molar-refractivity contribution in [1.82, 2.24) is 0 Å². The maximum atomic E-state index is 2.41. The van der Waals surface area contributed by atoms with Crippen LogP contribution in [0.2, 0.25) is 0 Å². The normalized spacial score (nSPS) is 11.4. The number of benzene rings is 6. The fourth-order valence-corrected chi connectivity index (χ4v) is 12.7. The van der Waals surface area contributed by atoms with E-state index in [-0.39, 0.29) is 0 Å². The lowest BCUT2D eigenvalue weighted by molar-refractivity contribution is 1.40. The molecule has 0 unspecified atom stereocenters. The third-order valence-electron chi connectivity index (χ3n) is 8.44. The van der Waals surface area contributed by atoms with Gasteiger partial charge in [-0.3, -0.25) is 0 Å². The number of rotatable bonds is 7. The van der Waals surface area contributed by atoms with Crippen molar-refractivity contribution in [3.8, 4) is 11.1 Å². The maximum absolute atomic E-state index is 2.41. The highest BCUT2D eigenvalue weighted by atomic mass is 31.1. The van der Waals surface area contributed by atoms with Crippen LogP contribution >= 0.6 is 15.8 Å². The van der Waals surface area contributed by atoms with Gasteiger partial charge < -0.3 is 0 Å². The van der Waals surface area contributed by atoms with E-state index in [0.717, 1.165) is 0 Å². The summed E-state index contributed by atoms with van der Waals surface area (Å²) in [4.78, 5) is 0. The minimum atomic E-state index is -0.809. The van der Waals surface area contributed by atoms with Crippen LogP contribution < -0.4 is 31.8 Å². The Balaban J connectivity index is 1.64. The molecular formula is C44H44P2. The van der Waals surface area contributed by atoms with Crippen molar-refractivity contribution in [2.75, 3.05) is 0 Å². The van der Waals surface area contributed by atoms with E-state index in [1.54, 1.807) is 0 Å². The summed E-state index contributed by atoms with van der Waals surface area (Å²) in [7, 11) is -1.62. The van der Waals surface area contributed by atoms with E-state index in [4.69, 9.17) is 0 Å². The molecule has 0 atom stereocenters. The molecule has 0 saturated heterocycles. The van der Waals surface area contributed by atoms with Gasteiger partial charge in [-0.1, -0.05) is 166 Å². The van der Waals surface area contributed by atoms with Crippen LogP contribution in [0.5, 0.6) is 0 Å². The predicted molar refractivity (Wildman–Crippen MR) is 207 cm³/mol. The Kier molecular flexibility index (Phi) is 9.43. The molecule has 230 valence electrons. The second-order valence-corrected chi connectivity index (χ2v) is 17.5. The average molecular weight is 635 g/mol. The molecule has 0 N–H and O–H groups in total. The molecule has 0 saturated carbocycles. The minimum absolute atomic E-state index is 0.809. The molecule has 0 bridgehead atoms. The number of aryl methyl sites for hydroxylation is 8. The summed E-state index contributed by atoms with van der Waals surface area (Å²) in [5.74, 6) is 0. The van der Waals surface area contributed by atoms with Crippen LogP contribution in [0.15, 0.2) is 121 Å². The molecule has 6 rings (SSSR count). The van der Waals surface area contributed by atoms with E-state index in [2.05, 4.69) is 177 Å². The lowest BCUT2D eigenvalue weighted by Gasteiger charge is -2.27. The summed E-state index contributed by atoms with van der Waals surface area (Å²) in [6, 6.07) is 46.9. The SMILES string of the molecule is Cc1cc(C)cc(P(c2cc(C)cc(C)c2)c2ccccc2-c2ccccc2P(c2cc(C)cc(C)c2)c2cc(C)cc(C)c2)c1. The van der Waals surface area contributed by atoms with E-state index in [9.17, 15) is 0 Å². The Hall–Kier alpha value is -3.82. The fourth-order valence-electron chi connectivity index (χ4n) is 6.97. The third-order valence-corrected chi connectivity index (χ3v) is 13.3. The summed E-state index contributed by atoms with van der Waals surface area (Å²) in [6.45, 7) is 17.8. The van der Waals surface area contributed by atoms with E-state index >= 15 is 0 Å². The monoisotopic (exact) mass is 634 g/mol. The van der Waals surface area contributed by atoms with Gasteiger partial charge in [-0.25, -0.2) is 0 Å². The molecule has 6 aromatic carbocycles. The third kappa shape index (κ3) is 6.95. The highest BCUT2D eigenvalue weighted by Gasteiger charge is 2.26. The first-order valence-corrected chi connectivity index (χ1v) is 18.9. The van der Waals surface area contributed by atoms with Crippen molar-refractivity contribution >= 4 is 47.7 Å². The first kappa shape index (κ1) is 32.1. The van der Waals surface area contributed by atoms with Gasteiger partial charge in [-0.05, 0) is 114 Å². The van der Waals surface area contributed by atoms with Gasteiger partial charge in [0.25, 0.3) is 0 Å². The van der Waals surface area contributed by atoms with Crippen LogP contribution in [0.4, 0.5) is 0 Å². The van der Waals surface area contributed by atoms with Crippen LogP contribution in [0.3, 0.4) is 0 Å². The molecule has 0 fully saturated rings. The van der Waals surface area contributed by atoms with E-state index in [0.29, 0.717) is 0 Å². The van der Waals surface area contributed by atoms with Gasteiger partial charge >= 0.3 is 0 Å². The first-order chi connectivity index (χ1) is 22.0. The highest BCUT2D eigenvalue weighted by Crippen LogP contribution is 2.42. The smallest absolute Gasteiger partial charge is 0.00724 e. The molecule has 0 spiro atoms. The molecule has 0 aromatic heterocycles. The van der Waals surface area contributed by atoms with Crippen LogP contribution in [0, 0.1) is 55.4 Å². The van der Waals surface area contributed by atoms with Crippen molar-refractivity contribution < 1.29 is 0 Å². The second kappa shape index (κ2) is 13.5. The van der Waals surface area contributed by atoms with E-state index in [1.165, 1.54) is 87.5 Å². The number of hydrogen-bond acceptors (Lipinski definition) is 0. The topological polar surface area (TPSA) is 0 Å². The average Bonchev–Trinajstić information content (AvgIpc) is 2.96. The molecule has 0 aliphatic rings. The lowest BCUT2D eigenvalue weighted by Crippen LogP contribution is -2.26. The maximum Gasteiger partial charge on any atom is -0.00724 e. The van der Waals surface area contributed by atoms with Gasteiger partial charge in [0.05, 0.1) is 0 Å². The zero-order chi connectivity index (χ0) is 32.5. The van der Waals surface area contributed by atoms with E-state index < -0.39 is 15.8 Å². The van der Waals surface area contributed by atoms with Gasteiger partial charge in [0, 0.05) is 0 Å². The summed E-state index contributed by atoms with van der Waals surface area (Å²) in [6.07, 6.45) is 0. The van der Waals surface area contributed by atoms with Gasteiger partial charge in [0.2, 0.25) is 0 Å². The fraction of sp³-hybridized carbons (Fsp3) is 0.182. The molecule has 0 nitrogen and oxygen atoms in total. The second-order valence-electron chi connectivity index (χ2n) is 13.1. The molecule has 0 amide bonds. The van der Waals surface area contributed by atoms with Crippen molar-refractivity contribution in [3.05, 3.63) is 166 Å². The Bertz CT molecular complexity index is 1720. The Labute approximate surface area is 279 Å². The summed E-state index contributed by atoms with van der Waals surface area (Å²) in [5.41, 5.74) is 13.2. The summed E-state index contributed by atoms with van der Waals surface area (Å²) in [5, 5.41) is 8.47. The largest absolute Gasteiger partial charge is 0.0616 e. The van der Waals surface area contributed by atoms with Crippen LogP contribution in [-0.2, 0) is 0 Å². The van der Waals surface area contributed by atoms with Crippen molar-refractivity contribution in [1.29, 1.82) is 0 Å². The lowest BCUT2D eigenvalue weighted by atomic mass is 10.1. The molecule has 2 heteroatoms. The standard InChI is InChI=1S/C44H44P2/c1-29-17-30(2)22-37(21-29)45(38-23-31(3)18-32(4)24-38)43-15-11-9-13-41(43)42-14-10-12-16-44(42)46(39-25-33(5)19-34(6)26-39)40-27-35(7)20-36(8)28-40/h9-28H,1-8H3. The minimum Gasteiger partial charge on any atom is -0.0616 e. The van der Waals surface area contributed by atoms with Crippen LogP contribution in [0.1, 0.15) is 44.5 Å². The van der Waals surface area contributed by atoms with Crippen LogP contribution in [-0.4, -0.2) is 0 Å². The van der Waals surface area contributed by atoms with Crippen molar-refractivity contribution in [2.45, 2.75) is 55.4 Å². The zero-order valence-electron chi connectivity index (χ0n) is 28.4. The van der Waals surface area contributed by atoms with Crippen molar-refractivity contribution in [2.24, 2.45) is 0 Å². The molecule has 6 aromatic rings. The Morgan fingerprint density at radius 2 is 0.500 bits per heavy atom. The molecule has 0 aliphatic heterocycles. The molecule has 0 aliphatic carbocycles. The summed E-state index contributed by atoms with van der Waals surface area (Å²) < 4.78 is 0. The molecular weight excluding hydrogens is 590 g/mol. The Morgan fingerprint density at radius 1 is 0.283 bits per heavy atom. The van der Waals surface area contributed by atoms with Gasteiger partial charge in [-0.2, -0.15) is 0 Å². The molecule has 46 heavy (non-hydrogen) atoms. The van der Waals surface area contributed by atoms with Gasteiger partial charge in [0.15, 0.2) is 0 Å². The predicted octanol–water partition coefficient (Wildman–Crippen LogP) is 9.34. The van der Waals surface area contributed by atoms with E-state index in [1.807, 2.05) is 0 Å². The van der Waals surface area contributed by atoms with Gasteiger partial charge in [-0.15, -0.1) is 0 Å². The quantitative estimate of drug-likeness (QED) is 0.154. The van der Waals surface area contributed by atoms with Gasteiger partial charge in [0.1, 0.15) is 0 Å². The Morgan fingerprint density at radius 3 is 0.739 bits per heavy atom.